The summed E-state index contributed by atoms with van der Waals surface area (Å²) >= 11 is 6.63. The van der Waals surface area contributed by atoms with Crippen molar-refractivity contribution in [2.45, 2.75) is 20.0 Å². The lowest BCUT2D eigenvalue weighted by molar-refractivity contribution is 0.275. The fourth-order valence-electron chi connectivity index (χ4n) is 1.36. The SMILES string of the molecule is CCc1nn(C)cc1Br.Cn1cc(Br)c(CO)n1. The Hall–Kier alpha value is -0.660. The van der Waals surface area contributed by atoms with Gasteiger partial charge in [-0.2, -0.15) is 10.2 Å². The lowest BCUT2D eigenvalue weighted by Crippen LogP contribution is -1.89. The Labute approximate surface area is 123 Å². The molecule has 0 saturated carbocycles. The van der Waals surface area contributed by atoms with Crippen LogP contribution >= 0.6 is 31.9 Å². The normalized spacial score (nSPS) is 10.1. The topological polar surface area (TPSA) is 55.9 Å². The third-order valence-corrected chi connectivity index (χ3v) is 3.52. The molecule has 0 fully saturated rings. The largest absolute Gasteiger partial charge is 0.390 e. The molecule has 0 atom stereocenters. The number of rotatable bonds is 2. The van der Waals surface area contributed by atoms with E-state index in [9.17, 15) is 0 Å². The van der Waals surface area contributed by atoms with E-state index in [1.807, 2.05) is 25.0 Å². The average Bonchev–Trinajstić information content (AvgIpc) is 2.81. The number of hydrogen-bond donors (Lipinski definition) is 1. The van der Waals surface area contributed by atoms with E-state index in [1.165, 1.54) is 0 Å². The summed E-state index contributed by atoms with van der Waals surface area (Å²) in [5.41, 5.74) is 1.80. The highest BCUT2D eigenvalue weighted by Crippen LogP contribution is 2.14. The molecule has 0 amide bonds. The molecule has 0 radical (unpaired) electrons. The standard InChI is InChI=1S/C6H9BrN2.C5H7BrN2O/c1-3-6-5(7)4-9(2)8-6;1-8-2-4(6)5(3-9)7-8/h4H,3H2,1-2H3;2,9H,3H2,1H3. The van der Waals surface area contributed by atoms with Gasteiger partial charge in [0, 0.05) is 26.5 Å². The average molecular weight is 380 g/mol. The molecule has 2 heterocycles. The Kier molecular flexibility index (Phi) is 6.04. The van der Waals surface area contributed by atoms with Crippen molar-refractivity contribution in [3.63, 3.8) is 0 Å². The lowest BCUT2D eigenvalue weighted by Gasteiger charge is -1.85. The minimum absolute atomic E-state index is 0.0125. The van der Waals surface area contributed by atoms with Gasteiger partial charge in [-0.25, -0.2) is 0 Å². The van der Waals surface area contributed by atoms with Crippen molar-refractivity contribution in [2.24, 2.45) is 14.1 Å². The van der Waals surface area contributed by atoms with Gasteiger partial charge >= 0.3 is 0 Å². The number of hydrogen-bond acceptors (Lipinski definition) is 3. The van der Waals surface area contributed by atoms with E-state index in [-0.39, 0.29) is 6.61 Å². The van der Waals surface area contributed by atoms with Crippen molar-refractivity contribution in [2.75, 3.05) is 0 Å². The van der Waals surface area contributed by atoms with Crippen LogP contribution in [0.25, 0.3) is 0 Å². The number of aryl methyl sites for hydroxylation is 3. The Bertz CT molecular complexity index is 461. The van der Waals surface area contributed by atoms with E-state index >= 15 is 0 Å². The Balaban J connectivity index is 0.000000180. The van der Waals surface area contributed by atoms with Gasteiger partial charge < -0.3 is 5.11 Å². The van der Waals surface area contributed by atoms with Crippen molar-refractivity contribution in [3.05, 3.63) is 32.7 Å². The maximum Gasteiger partial charge on any atom is 0.102 e. The minimum atomic E-state index is -0.0125. The predicted molar refractivity (Wildman–Crippen MR) is 77.1 cm³/mol. The van der Waals surface area contributed by atoms with Gasteiger partial charge in [-0.15, -0.1) is 0 Å². The summed E-state index contributed by atoms with van der Waals surface area (Å²) in [5.74, 6) is 0. The summed E-state index contributed by atoms with van der Waals surface area (Å²) in [6, 6.07) is 0. The second-order valence-corrected chi connectivity index (χ2v) is 5.42. The number of nitrogens with zero attached hydrogens (tertiary/aromatic N) is 4. The van der Waals surface area contributed by atoms with Crippen LogP contribution in [0.5, 0.6) is 0 Å². The van der Waals surface area contributed by atoms with Gasteiger partial charge in [0.05, 0.1) is 21.2 Å². The molecule has 0 aromatic carbocycles. The molecule has 0 aliphatic carbocycles. The maximum absolute atomic E-state index is 8.63. The van der Waals surface area contributed by atoms with Gasteiger partial charge in [-0.05, 0) is 38.3 Å². The van der Waals surface area contributed by atoms with Crippen LogP contribution in [0.15, 0.2) is 21.3 Å². The third kappa shape index (κ3) is 4.22. The van der Waals surface area contributed by atoms with Gasteiger partial charge in [0.15, 0.2) is 0 Å². The fourth-order valence-corrected chi connectivity index (χ4v) is 2.51. The van der Waals surface area contributed by atoms with Crippen LogP contribution in [0.3, 0.4) is 0 Å². The molecule has 0 unspecified atom stereocenters. The zero-order valence-corrected chi connectivity index (χ0v) is 13.7. The predicted octanol–water partition coefficient (Wildman–Crippen LogP) is 2.42. The highest BCUT2D eigenvalue weighted by molar-refractivity contribution is 9.10. The fraction of sp³-hybridized carbons (Fsp3) is 0.455. The molecule has 0 aliphatic rings. The summed E-state index contributed by atoms with van der Waals surface area (Å²) in [5, 5.41) is 16.8. The first-order valence-corrected chi connectivity index (χ1v) is 7.03. The third-order valence-electron chi connectivity index (χ3n) is 2.19. The zero-order valence-electron chi connectivity index (χ0n) is 10.6. The van der Waals surface area contributed by atoms with Crippen molar-refractivity contribution in [3.8, 4) is 0 Å². The van der Waals surface area contributed by atoms with Crippen LogP contribution in [0.4, 0.5) is 0 Å². The van der Waals surface area contributed by atoms with Gasteiger partial charge in [-0.1, -0.05) is 6.92 Å². The molecule has 0 spiro atoms. The van der Waals surface area contributed by atoms with Crippen molar-refractivity contribution >= 4 is 31.9 Å². The molecule has 2 aromatic heterocycles. The number of halogens is 2. The maximum atomic E-state index is 8.63. The highest BCUT2D eigenvalue weighted by atomic mass is 79.9. The van der Waals surface area contributed by atoms with Gasteiger partial charge in [0.25, 0.3) is 0 Å². The molecule has 2 aromatic rings. The zero-order chi connectivity index (χ0) is 13.7. The minimum Gasteiger partial charge on any atom is -0.390 e. The number of aliphatic hydroxyl groups is 1. The molecule has 0 saturated heterocycles. The summed E-state index contributed by atoms with van der Waals surface area (Å²) in [6.07, 6.45) is 4.74. The summed E-state index contributed by atoms with van der Waals surface area (Å²) in [4.78, 5) is 0. The molecule has 0 aliphatic heterocycles. The van der Waals surface area contributed by atoms with E-state index in [4.69, 9.17) is 5.11 Å². The lowest BCUT2D eigenvalue weighted by atomic mass is 10.3. The second kappa shape index (κ2) is 7.06. The van der Waals surface area contributed by atoms with E-state index < -0.39 is 0 Å². The first kappa shape index (κ1) is 15.4. The number of aromatic nitrogens is 4. The molecule has 2 rings (SSSR count). The van der Waals surface area contributed by atoms with Crippen molar-refractivity contribution in [1.29, 1.82) is 0 Å². The van der Waals surface area contributed by atoms with Crippen molar-refractivity contribution < 1.29 is 5.11 Å². The smallest absolute Gasteiger partial charge is 0.102 e. The first-order valence-electron chi connectivity index (χ1n) is 5.44. The van der Waals surface area contributed by atoms with Crippen LogP contribution < -0.4 is 0 Å². The van der Waals surface area contributed by atoms with Crippen LogP contribution in [-0.2, 0) is 27.1 Å². The van der Waals surface area contributed by atoms with Gasteiger partial charge in [-0.3, -0.25) is 9.36 Å². The quantitative estimate of drug-likeness (QED) is 0.871. The molecular formula is C11H16Br2N4O. The molecule has 0 bridgehead atoms. The molecule has 1 N–H and O–H groups in total. The van der Waals surface area contributed by atoms with E-state index in [1.54, 1.807) is 10.9 Å². The molecule has 100 valence electrons. The first-order chi connectivity index (χ1) is 8.47. The molecule has 5 nitrogen and oxygen atoms in total. The Morgan fingerprint density at radius 1 is 1.06 bits per heavy atom. The molecule has 7 heteroatoms. The van der Waals surface area contributed by atoms with Crippen molar-refractivity contribution in [1.82, 2.24) is 19.6 Å². The van der Waals surface area contributed by atoms with E-state index in [0.717, 1.165) is 21.1 Å². The Morgan fingerprint density at radius 3 is 1.67 bits per heavy atom. The van der Waals surface area contributed by atoms with Gasteiger partial charge in [0.1, 0.15) is 5.69 Å². The van der Waals surface area contributed by atoms with Crippen LogP contribution in [-0.4, -0.2) is 24.7 Å². The molecular weight excluding hydrogens is 364 g/mol. The molecule has 18 heavy (non-hydrogen) atoms. The van der Waals surface area contributed by atoms with Gasteiger partial charge in [0.2, 0.25) is 0 Å². The monoisotopic (exact) mass is 378 g/mol. The second-order valence-electron chi connectivity index (χ2n) is 3.71. The van der Waals surface area contributed by atoms with Crippen LogP contribution in [0.2, 0.25) is 0 Å². The summed E-state index contributed by atoms with van der Waals surface area (Å²) in [7, 11) is 3.73. The highest BCUT2D eigenvalue weighted by Gasteiger charge is 2.00. The van der Waals surface area contributed by atoms with Crippen LogP contribution in [0.1, 0.15) is 18.3 Å². The van der Waals surface area contributed by atoms with Crippen LogP contribution in [0, 0.1) is 0 Å². The van der Waals surface area contributed by atoms with E-state index in [2.05, 4.69) is 49.0 Å². The summed E-state index contributed by atoms with van der Waals surface area (Å²) in [6.45, 7) is 2.08. The summed E-state index contributed by atoms with van der Waals surface area (Å²) < 4.78 is 5.42. The number of aliphatic hydroxyl groups excluding tert-OH is 1. The Morgan fingerprint density at radius 2 is 1.50 bits per heavy atom. The van der Waals surface area contributed by atoms with E-state index in [0.29, 0.717) is 5.69 Å².